The van der Waals surface area contributed by atoms with Crippen LogP contribution in [0.3, 0.4) is 0 Å². The Balaban J connectivity index is 1.71. The standard InChI is InChI=1S/C21H22ClN3O2S/c1-13-6-5-9-24(10-13)21(27)18-14(2)17-19(28-18)23-12-25(20(17)26)11-15-7-3-4-8-16(15)22/h3-4,7-8,12-13H,5-6,9-11H2,1-2H3. The number of aromatic nitrogens is 2. The number of benzene rings is 1. The lowest BCUT2D eigenvalue weighted by atomic mass is 10.00. The van der Waals surface area contributed by atoms with Gasteiger partial charge in [0.15, 0.2) is 0 Å². The fraction of sp³-hybridized carbons (Fsp3) is 0.381. The van der Waals surface area contributed by atoms with Gasteiger partial charge in [-0.05, 0) is 42.9 Å². The first-order valence-corrected chi connectivity index (χ1v) is 10.7. The molecule has 1 saturated heterocycles. The Bertz CT molecular complexity index is 1100. The van der Waals surface area contributed by atoms with Crippen LogP contribution < -0.4 is 5.56 Å². The topological polar surface area (TPSA) is 55.2 Å². The van der Waals surface area contributed by atoms with Crippen LogP contribution in [0.15, 0.2) is 35.4 Å². The number of carbonyl (C=O) groups excluding carboxylic acids is 1. The molecule has 1 aromatic carbocycles. The molecule has 146 valence electrons. The summed E-state index contributed by atoms with van der Waals surface area (Å²) in [6, 6.07) is 7.45. The van der Waals surface area contributed by atoms with E-state index < -0.39 is 0 Å². The van der Waals surface area contributed by atoms with Crippen LogP contribution in [0.5, 0.6) is 0 Å². The number of amides is 1. The van der Waals surface area contributed by atoms with Crippen LogP contribution in [0.4, 0.5) is 0 Å². The van der Waals surface area contributed by atoms with Gasteiger partial charge in [-0.15, -0.1) is 11.3 Å². The van der Waals surface area contributed by atoms with Crippen molar-refractivity contribution in [1.82, 2.24) is 14.5 Å². The van der Waals surface area contributed by atoms with Gasteiger partial charge in [0.05, 0.1) is 23.1 Å². The van der Waals surface area contributed by atoms with Gasteiger partial charge < -0.3 is 4.90 Å². The van der Waals surface area contributed by atoms with Crippen molar-refractivity contribution in [1.29, 1.82) is 0 Å². The van der Waals surface area contributed by atoms with Crippen LogP contribution in [0.2, 0.25) is 5.02 Å². The predicted octanol–water partition coefficient (Wildman–Crippen LogP) is 4.34. The summed E-state index contributed by atoms with van der Waals surface area (Å²) in [5.74, 6) is 0.530. The van der Waals surface area contributed by atoms with Gasteiger partial charge in [0.1, 0.15) is 4.83 Å². The van der Waals surface area contributed by atoms with E-state index >= 15 is 0 Å². The van der Waals surface area contributed by atoms with Crippen molar-refractivity contribution in [3.63, 3.8) is 0 Å². The molecule has 0 bridgehead atoms. The normalized spacial score (nSPS) is 17.2. The highest BCUT2D eigenvalue weighted by atomic mass is 35.5. The van der Waals surface area contributed by atoms with E-state index in [1.54, 1.807) is 17.0 Å². The fourth-order valence-electron chi connectivity index (χ4n) is 3.80. The molecule has 2 aromatic heterocycles. The van der Waals surface area contributed by atoms with Gasteiger partial charge >= 0.3 is 0 Å². The van der Waals surface area contributed by atoms with E-state index in [0.717, 1.165) is 37.1 Å². The fourth-order valence-corrected chi connectivity index (χ4v) is 5.11. The summed E-state index contributed by atoms with van der Waals surface area (Å²) < 4.78 is 1.56. The molecule has 28 heavy (non-hydrogen) atoms. The highest BCUT2D eigenvalue weighted by molar-refractivity contribution is 7.20. The Hall–Kier alpha value is -2.18. The van der Waals surface area contributed by atoms with Crippen molar-refractivity contribution in [2.24, 2.45) is 5.92 Å². The lowest BCUT2D eigenvalue weighted by Crippen LogP contribution is -2.39. The molecule has 1 aliphatic rings. The van der Waals surface area contributed by atoms with Crippen molar-refractivity contribution in [2.45, 2.75) is 33.2 Å². The van der Waals surface area contributed by atoms with Crippen molar-refractivity contribution < 1.29 is 4.79 Å². The maximum Gasteiger partial charge on any atom is 0.264 e. The molecule has 3 aromatic rings. The zero-order valence-electron chi connectivity index (χ0n) is 15.9. The summed E-state index contributed by atoms with van der Waals surface area (Å²) in [6.45, 7) is 5.93. The highest BCUT2D eigenvalue weighted by Crippen LogP contribution is 2.29. The van der Waals surface area contributed by atoms with E-state index in [2.05, 4.69) is 11.9 Å². The molecule has 3 heterocycles. The van der Waals surface area contributed by atoms with Crippen molar-refractivity contribution in [3.05, 3.63) is 62.0 Å². The lowest BCUT2D eigenvalue weighted by molar-refractivity contribution is 0.0687. The molecule has 0 saturated carbocycles. The third kappa shape index (κ3) is 3.47. The van der Waals surface area contributed by atoms with E-state index in [9.17, 15) is 9.59 Å². The number of piperidine rings is 1. The van der Waals surface area contributed by atoms with Crippen LogP contribution in [0.25, 0.3) is 10.2 Å². The van der Waals surface area contributed by atoms with E-state index in [4.69, 9.17) is 11.6 Å². The Kier molecular flexibility index (Phi) is 5.25. The van der Waals surface area contributed by atoms with Gasteiger partial charge in [0, 0.05) is 18.1 Å². The monoisotopic (exact) mass is 415 g/mol. The van der Waals surface area contributed by atoms with Crippen LogP contribution >= 0.6 is 22.9 Å². The molecule has 7 heteroatoms. The van der Waals surface area contributed by atoms with Gasteiger partial charge in [0.2, 0.25) is 0 Å². The molecular formula is C21H22ClN3O2S. The molecule has 0 radical (unpaired) electrons. The minimum absolute atomic E-state index is 0.0177. The van der Waals surface area contributed by atoms with Gasteiger partial charge in [-0.2, -0.15) is 0 Å². The molecule has 1 amide bonds. The first-order valence-electron chi connectivity index (χ1n) is 9.47. The Morgan fingerprint density at radius 3 is 2.89 bits per heavy atom. The summed E-state index contributed by atoms with van der Waals surface area (Å²) in [5.41, 5.74) is 1.46. The number of hydrogen-bond acceptors (Lipinski definition) is 4. The second-order valence-electron chi connectivity index (χ2n) is 7.50. The van der Waals surface area contributed by atoms with Gasteiger partial charge in [-0.25, -0.2) is 4.98 Å². The van der Waals surface area contributed by atoms with Crippen LogP contribution in [0, 0.1) is 12.8 Å². The first-order chi connectivity index (χ1) is 13.5. The Labute approximate surface area is 172 Å². The molecule has 1 aliphatic heterocycles. The zero-order chi connectivity index (χ0) is 19.8. The van der Waals surface area contributed by atoms with E-state index in [1.807, 2.05) is 30.0 Å². The largest absolute Gasteiger partial charge is 0.338 e. The molecule has 1 atom stereocenters. The van der Waals surface area contributed by atoms with Crippen LogP contribution in [-0.4, -0.2) is 33.4 Å². The maximum atomic E-state index is 13.1. The van der Waals surface area contributed by atoms with Crippen LogP contribution in [0.1, 0.15) is 40.6 Å². The maximum absolute atomic E-state index is 13.1. The minimum Gasteiger partial charge on any atom is -0.338 e. The number of likely N-dealkylation sites (tertiary alicyclic amines) is 1. The molecule has 0 aliphatic carbocycles. The number of fused-ring (bicyclic) bond motifs is 1. The summed E-state index contributed by atoms with van der Waals surface area (Å²) in [7, 11) is 0. The zero-order valence-corrected chi connectivity index (χ0v) is 17.5. The van der Waals surface area contributed by atoms with Gasteiger partial charge in [0.25, 0.3) is 11.5 Å². The quantitative estimate of drug-likeness (QED) is 0.639. The van der Waals surface area contributed by atoms with E-state index in [1.165, 1.54) is 11.3 Å². The summed E-state index contributed by atoms with van der Waals surface area (Å²) in [6.07, 6.45) is 3.73. The van der Waals surface area contributed by atoms with E-state index in [0.29, 0.717) is 32.6 Å². The lowest BCUT2D eigenvalue weighted by Gasteiger charge is -2.30. The molecule has 0 N–H and O–H groups in total. The van der Waals surface area contributed by atoms with Crippen LogP contribution in [-0.2, 0) is 6.54 Å². The molecular weight excluding hydrogens is 394 g/mol. The predicted molar refractivity (Wildman–Crippen MR) is 113 cm³/mol. The molecule has 1 fully saturated rings. The van der Waals surface area contributed by atoms with Crippen molar-refractivity contribution in [2.75, 3.05) is 13.1 Å². The smallest absolute Gasteiger partial charge is 0.264 e. The molecule has 1 unspecified atom stereocenters. The number of thiophene rings is 1. The molecule has 4 rings (SSSR count). The Morgan fingerprint density at radius 2 is 2.14 bits per heavy atom. The average molecular weight is 416 g/mol. The summed E-state index contributed by atoms with van der Waals surface area (Å²) in [5, 5.41) is 1.15. The number of rotatable bonds is 3. The average Bonchev–Trinajstić information content (AvgIpc) is 3.02. The third-order valence-electron chi connectivity index (χ3n) is 5.35. The van der Waals surface area contributed by atoms with Gasteiger partial charge in [-0.3, -0.25) is 14.2 Å². The number of nitrogens with zero attached hydrogens (tertiary/aromatic N) is 3. The Morgan fingerprint density at radius 1 is 1.36 bits per heavy atom. The van der Waals surface area contributed by atoms with Gasteiger partial charge in [-0.1, -0.05) is 36.7 Å². The number of carbonyl (C=O) groups is 1. The highest BCUT2D eigenvalue weighted by Gasteiger charge is 2.26. The summed E-state index contributed by atoms with van der Waals surface area (Å²) >= 11 is 7.55. The first kappa shape index (κ1) is 19.2. The SMILES string of the molecule is Cc1c(C(=O)N2CCCC(C)C2)sc2ncn(Cc3ccccc3Cl)c(=O)c12. The number of halogens is 1. The third-order valence-corrected chi connectivity index (χ3v) is 6.91. The van der Waals surface area contributed by atoms with Crippen molar-refractivity contribution in [3.8, 4) is 0 Å². The van der Waals surface area contributed by atoms with E-state index in [-0.39, 0.29) is 11.5 Å². The summed E-state index contributed by atoms with van der Waals surface area (Å²) in [4.78, 5) is 33.8. The number of hydrogen-bond donors (Lipinski definition) is 0. The molecule has 0 spiro atoms. The molecule has 5 nitrogen and oxygen atoms in total. The van der Waals surface area contributed by atoms with Crippen molar-refractivity contribution >= 4 is 39.1 Å². The second kappa shape index (κ2) is 7.68. The second-order valence-corrected chi connectivity index (χ2v) is 8.91. The number of aryl methyl sites for hydroxylation is 1. The minimum atomic E-state index is -0.135.